The zero-order valence-corrected chi connectivity index (χ0v) is 14.9. The van der Waals surface area contributed by atoms with Gasteiger partial charge in [0.15, 0.2) is 5.65 Å². The Morgan fingerprint density at radius 1 is 1.17 bits per heavy atom. The third-order valence-electron chi connectivity index (χ3n) is 3.09. The standard InChI is InChI=1S/C14H24N5O4P/c1-3-6-22-24(20,23-7-4-2)11-21-8-5-19-10-17-12-9-16-14(15)18-13(12)19/h9-10H,3-8,11H2,1-2H3,(H2,15,16,18). The van der Waals surface area contributed by atoms with Gasteiger partial charge in [-0.1, -0.05) is 13.8 Å². The van der Waals surface area contributed by atoms with Crippen molar-refractivity contribution in [2.24, 2.45) is 0 Å². The van der Waals surface area contributed by atoms with Gasteiger partial charge in [-0.3, -0.25) is 4.57 Å². The van der Waals surface area contributed by atoms with Gasteiger partial charge in [0.1, 0.15) is 11.9 Å². The lowest BCUT2D eigenvalue weighted by Gasteiger charge is -2.18. The highest BCUT2D eigenvalue weighted by Crippen LogP contribution is 2.48. The van der Waals surface area contributed by atoms with Crippen LogP contribution in [0.5, 0.6) is 0 Å². The number of hydrogen-bond acceptors (Lipinski definition) is 8. The van der Waals surface area contributed by atoms with Crippen LogP contribution in [0.15, 0.2) is 12.5 Å². The van der Waals surface area contributed by atoms with Crippen LogP contribution in [0.1, 0.15) is 26.7 Å². The van der Waals surface area contributed by atoms with Crippen molar-refractivity contribution < 1.29 is 18.3 Å². The topological polar surface area (TPSA) is 114 Å². The quantitative estimate of drug-likeness (QED) is 0.482. The number of imidazole rings is 1. The van der Waals surface area contributed by atoms with Gasteiger partial charge in [0.05, 0.1) is 32.3 Å². The van der Waals surface area contributed by atoms with Gasteiger partial charge in [-0.25, -0.2) is 9.97 Å². The number of fused-ring (bicyclic) bond motifs is 1. The average Bonchev–Trinajstić information content (AvgIpc) is 2.97. The molecule has 2 aromatic heterocycles. The van der Waals surface area contributed by atoms with Crippen LogP contribution >= 0.6 is 7.60 Å². The van der Waals surface area contributed by atoms with Crippen molar-refractivity contribution in [2.45, 2.75) is 33.2 Å². The minimum Gasteiger partial charge on any atom is -0.368 e. The van der Waals surface area contributed by atoms with E-state index in [1.54, 1.807) is 17.1 Å². The number of nitrogens with two attached hydrogens (primary N) is 1. The predicted octanol–water partition coefficient (Wildman–Crippen LogP) is 2.43. The summed E-state index contributed by atoms with van der Waals surface area (Å²) in [4.78, 5) is 12.2. The second kappa shape index (κ2) is 9.08. The third-order valence-corrected chi connectivity index (χ3v) is 4.74. The smallest absolute Gasteiger partial charge is 0.356 e. The minimum atomic E-state index is -3.21. The number of nitrogen functional groups attached to an aromatic ring is 1. The van der Waals surface area contributed by atoms with Crippen molar-refractivity contribution in [3.63, 3.8) is 0 Å². The average molecular weight is 357 g/mol. The molecule has 0 aliphatic rings. The minimum absolute atomic E-state index is 0.0727. The van der Waals surface area contributed by atoms with Crippen molar-refractivity contribution in [3.8, 4) is 0 Å². The Bertz CT molecular complexity index is 681. The van der Waals surface area contributed by atoms with Gasteiger partial charge in [0, 0.05) is 6.54 Å². The molecule has 0 saturated carbocycles. The fraction of sp³-hybridized carbons (Fsp3) is 0.643. The van der Waals surface area contributed by atoms with E-state index in [9.17, 15) is 4.57 Å². The summed E-state index contributed by atoms with van der Waals surface area (Å²) in [6.07, 6.45) is 4.67. The number of ether oxygens (including phenoxy) is 1. The van der Waals surface area contributed by atoms with E-state index in [0.717, 1.165) is 12.8 Å². The van der Waals surface area contributed by atoms with Crippen LogP contribution in [0.2, 0.25) is 0 Å². The summed E-state index contributed by atoms with van der Waals surface area (Å²) >= 11 is 0. The van der Waals surface area contributed by atoms with E-state index in [1.165, 1.54) is 0 Å². The number of anilines is 1. The van der Waals surface area contributed by atoms with Crippen LogP contribution in [-0.4, -0.2) is 45.7 Å². The van der Waals surface area contributed by atoms with Crippen LogP contribution in [0.25, 0.3) is 11.2 Å². The van der Waals surface area contributed by atoms with Gasteiger partial charge >= 0.3 is 7.60 Å². The molecule has 0 radical (unpaired) electrons. The Labute approximate surface area is 141 Å². The molecular formula is C14H24N5O4P. The molecule has 0 saturated heterocycles. The van der Waals surface area contributed by atoms with Gasteiger partial charge in [0.2, 0.25) is 5.95 Å². The Morgan fingerprint density at radius 2 is 1.88 bits per heavy atom. The molecule has 10 heteroatoms. The molecule has 0 spiro atoms. The van der Waals surface area contributed by atoms with E-state index in [4.69, 9.17) is 19.5 Å². The molecule has 0 bridgehead atoms. The van der Waals surface area contributed by atoms with Crippen LogP contribution < -0.4 is 5.73 Å². The Hall–Kier alpha value is -1.54. The first-order valence-corrected chi connectivity index (χ1v) is 9.70. The number of aromatic nitrogens is 4. The molecule has 2 N–H and O–H groups in total. The highest BCUT2D eigenvalue weighted by Gasteiger charge is 2.24. The molecule has 2 aromatic rings. The maximum atomic E-state index is 12.5. The molecule has 134 valence electrons. The fourth-order valence-corrected chi connectivity index (χ4v) is 3.44. The summed E-state index contributed by atoms with van der Waals surface area (Å²) in [5.74, 6) is 0.190. The zero-order valence-electron chi connectivity index (χ0n) is 14.1. The maximum absolute atomic E-state index is 12.5. The second-order valence-corrected chi connectivity index (χ2v) is 7.19. The van der Waals surface area contributed by atoms with E-state index in [-0.39, 0.29) is 12.3 Å². The zero-order chi connectivity index (χ0) is 17.4. The highest BCUT2D eigenvalue weighted by atomic mass is 31.2. The van der Waals surface area contributed by atoms with Crippen molar-refractivity contribution in [3.05, 3.63) is 12.5 Å². The van der Waals surface area contributed by atoms with Crippen molar-refractivity contribution >= 4 is 24.7 Å². The molecule has 0 aliphatic carbocycles. The van der Waals surface area contributed by atoms with Gasteiger partial charge in [-0.15, -0.1) is 0 Å². The monoisotopic (exact) mass is 357 g/mol. The molecular weight excluding hydrogens is 333 g/mol. The molecule has 9 nitrogen and oxygen atoms in total. The van der Waals surface area contributed by atoms with Gasteiger partial charge in [-0.2, -0.15) is 4.98 Å². The number of hydrogen-bond donors (Lipinski definition) is 1. The van der Waals surface area contributed by atoms with Crippen LogP contribution in [0, 0.1) is 0 Å². The summed E-state index contributed by atoms with van der Waals surface area (Å²) in [6, 6.07) is 0. The first-order valence-electron chi connectivity index (χ1n) is 7.97. The first kappa shape index (κ1) is 18.8. The van der Waals surface area contributed by atoms with E-state index < -0.39 is 7.60 Å². The first-order chi connectivity index (χ1) is 11.6. The van der Waals surface area contributed by atoms with Gasteiger partial charge in [-0.05, 0) is 12.8 Å². The Balaban J connectivity index is 1.87. The van der Waals surface area contributed by atoms with Crippen LogP contribution in [0.3, 0.4) is 0 Å². The maximum Gasteiger partial charge on any atom is 0.356 e. The lowest BCUT2D eigenvalue weighted by atomic mass is 10.5. The second-order valence-electron chi connectivity index (χ2n) is 5.19. The SMILES string of the molecule is CCCOP(=O)(COCCn1cnc2cnc(N)nc21)OCCC. The number of nitrogens with zero attached hydrogens (tertiary/aromatic N) is 4. The number of rotatable bonds is 11. The predicted molar refractivity (Wildman–Crippen MR) is 90.6 cm³/mol. The molecule has 0 amide bonds. The molecule has 0 atom stereocenters. The Morgan fingerprint density at radius 3 is 2.54 bits per heavy atom. The van der Waals surface area contributed by atoms with Gasteiger partial charge in [0.25, 0.3) is 0 Å². The summed E-state index contributed by atoms with van der Waals surface area (Å²) in [5, 5.41) is 0. The third kappa shape index (κ3) is 5.24. The van der Waals surface area contributed by atoms with Crippen molar-refractivity contribution in [1.29, 1.82) is 0 Å². The summed E-state index contributed by atoms with van der Waals surface area (Å²) < 4.78 is 30.5. The van der Waals surface area contributed by atoms with Crippen molar-refractivity contribution in [2.75, 3.05) is 31.9 Å². The van der Waals surface area contributed by atoms with Gasteiger partial charge < -0.3 is 24.1 Å². The largest absolute Gasteiger partial charge is 0.368 e. The van der Waals surface area contributed by atoms with Crippen LogP contribution in [0.4, 0.5) is 5.95 Å². The van der Waals surface area contributed by atoms with E-state index in [1.807, 2.05) is 13.8 Å². The normalized spacial score (nSPS) is 12.1. The summed E-state index contributed by atoms with van der Waals surface area (Å²) in [6.45, 7) is 5.48. The molecule has 0 fully saturated rings. The molecule has 0 unspecified atom stereocenters. The highest BCUT2D eigenvalue weighted by molar-refractivity contribution is 7.53. The van der Waals surface area contributed by atoms with E-state index in [2.05, 4.69) is 15.0 Å². The van der Waals surface area contributed by atoms with Crippen molar-refractivity contribution in [1.82, 2.24) is 19.5 Å². The summed E-state index contributed by atoms with van der Waals surface area (Å²) in [5.41, 5.74) is 6.89. The summed E-state index contributed by atoms with van der Waals surface area (Å²) in [7, 11) is -3.21. The van der Waals surface area contributed by atoms with E-state index >= 15 is 0 Å². The van der Waals surface area contributed by atoms with Crippen LogP contribution in [-0.2, 0) is 24.9 Å². The lowest BCUT2D eigenvalue weighted by molar-refractivity contribution is 0.123. The molecule has 0 aromatic carbocycles. The lowest BCUT2D eigenvalue weighted by Crippen LogP contribution is -2.10. The Kier molecular flexibility index (Phi) is 7.11. The molecule has 0 aliphatic heterocycles. The fourth-order valence-electron chi connectivity index (χ4n) is 1.94. The van der Waals surface area contributed by atoms with E-state index in [0.29, 0.717) is 37.5 Å². The molecule has 2 rings (SSSR count). The molecule has 24 heavy (non-hydrogen) atoms. The molecule has 2 heterocycles.